The third-order valence-corrected chi connectivity index (χ3v) is 4.98. The molecule has 0 saturated carbocycles. The maximum absolute atomic E-state index is 12.9. The molecule has 1 amide bonds. The third-order valence-electron chi connectivity index (χ3n) is 4.98. The highest BCUT2D eigenvalue weighted by Gasteiger charge is 2.32. The first-order valence-corrected chi connectivity index (χ1v) is 9.51. The zero-order valence-corrected chi connectivity index (χ0v) is 16.5. The number of oxazole rings is 1. The van der Waals surface area contributed by atoms with E-state index in [-0.39, 0.29) is 30.6 Å². The smallest absolute Gasteiger partial charge is 0.417 e. The van der Waals surface area contributed by atoms with Crippen LogP contribution in [0.1, 0.15) is 11.3 Å². The lowest BCUT2D eigenvalue weighted by molar-refractivity contribution is -0.138. The molecule has 4 rings (SSSR count). The Balaban J connectivity index is 1.43. The normalized spacial score (nSPS) is 14.4. The highest BCUT2D eigenvalue weighted by Crippen LogP contribution is 2.29. The monoisotopic (exact) mass is 447 g/mol. The van der Waals surface area contributed by atoms with Crippen molar-refractivity contribution in [3.63, 3.8) is 0 Å². The number of aromatic nitrogens is 2. The predicted octanol–water partition coefficient (Wildman–Crippen LogP) is 2.34. The van der Waals surface area contributed by atoms with Crippen LogP contribution in [0.2, 0.25) is 0 Å². The minimum absolute atomic E-state index is 0.0756. The quantitative estimate of drug-likeness (QED) is 0.604. The largest absolute Gasteiger partial charge is 0.459 e. The Labute approximate surface area is 178 Å². The maximum Gasteiger partial charge on any atom is 0.417 e. The Morgan fingerprint density at radius 1 is 1.19 bits per heavy atom. The minimum atomic E-state index is -4.62. The van der Waals surface area contributed by atoms with E-state index in [0.717, 1.165) is 10.6 Å². The molecular formula is C20H16F3N5O4. The number of alkyl halides is 3. The van der Waals surface area contributed by atoms with Crippen molar-refractivity contribution in [2.24, 2.45) is 0 Å². The number of pyridine rings is 1. The van der Waals surface area contributed by atoms with Crippen LogP contribution in [0.15, 0.2) is 50.4 Å². The van der Waals surface area contributed by atoms with Crippen LogP contribution >= 0.6 is 0 Å². The SMILES string of the molecule is N#Cc1nc(-c2ccco2)oc1N1CCN(C(=O)Cn2cc(C(F)(F)F)ccc2=O)CC1. The van der Waals surface area contributed by atoms with Gasteiger partial charge < -0.3 is 23.2 Å². The summed E-state index contributed by atoms with van der Waals surface area (Å²) in [6.07, 6.45) is -2.53. The standard InChI is InChI=1S/C20H16F3N5O4/c21-20(22,23)13-3-4-16(29)28(11-13)12-17(30)26-5-7-27(8-6-26)19-14(10-24)25-18(32-19)15-2-1-9-31-15/h1-4,9,11H,5-8,12H2. The van der Waals surface area contributed by atoms with Crippen LogP contribution in [0.5, 0.6) is 0 Å². The molecule has 12 heteroatoms. The summed E-state index contributed by atoms with van der Waals surface area (Å²) in [5, 5.41) is 9.36. The topological polar surface area (TPSA) is 109 Å². The second-order valence-electron chi connectivity index (χ2n) is 7.01. The number of anilines is 1. The van der Waals surface area contributed by atoms with Crippen molar-refractivity contribution < 1.29 is 26.8 Å². The lowest BCUT2D eigenvalue weighted by Crippen LogP contribution is -2.50. The summed E-state index contributed by atoms with van der Waals surface area (Å²) < 4.78 is 50.3. The number of hydrogen-bond donors (Lipinski definition) is 0. The summed E-state index contributed by atoms with van der Waals surface area (Å²) in [5.74, 6) is 0.289. The summed E-state index contributed by atoms with van der Waals surface area (Å²) >= 11 is 0. The van der Waals surface area contributed by atoms with Crippen LogP contribution in [0.3, 0.4) is 0 Å². The van der Waals surface area contributed by atoms with Crippen LogP contribution < -0.4 is 10.5 Å². The fourth-order valence-electron chi connectivity index (χ4n) is 3.33. The Bertz CT molecular complexity index is 1220. The molecular weight excluding hydrogens is 431 g/mol. The molecule has 166 valence electrons. The van der Waals surface area contributed by atoms with Crippen molar-refractivity contribution in [1.82, 2.24) is 14.5 Å². The first kappa shape index (κ1) is 21.2. The van der Waals surface area contributed by atoms with Crippen molar-refractivity contribution >= 4 is 11.8 Å². The van der Waals surface area contributed by atoms with Gasteiger partial charge in [0.15, 0.2) is 5.76 Å². The van der Waals surface area contributed by atoms with Gasteiger partial charge in [-0.05, 0) is 18.2 Å². The van der Waals surface area contributed by atoms with Gasteiger partial charge in [-0.1, -0.05) is 0 Å². The molecule has 0 spiro atoms. The number of piperazine rings is 1. The van der Waals surface area contributed by atoms with E-state index in [4.69, 9.17) is 8.83 Å². The second-order valence-corrected chi connectivity index (χ2v) is 7.01. The van der Waals surface area contributed by atoms with E-state index in [0.29, 0.717) is 31.1 Å². The van der Waals surface area contributed by atoms with E-state index in [2.05, 4.69) is 4.98 Å². The molecule has 0 unspecified atom stereocenters. The molecule has 1 aliphatic heterocycles. The first-order valence-electron chi connectivity index (χ1n) is 9.51. The molecule has 4 heterocycles. The Kier molecular flexibility index (Phi) is 5.48. The van der Waals surface area contributed by atoms with Gasteiger partial charge in [-0.25, -0.2) is 0 Å². The fourth-order valence-corrected chi connectivity index (χ4v) is 3.33. The predicted molar refractivity (Wildman–Crippen MR) is 103 cm³/mol. The number of nitrogens with zero attached hydrogens (tertiary/aromatic N) is 5. The number of halogens is 3. The van der Waals surface area contributed by atoms with E-state index < -0.39 is 29.8 Å². The van der Waals surface area contributed by atoms with E-state index >= 15 is 0 Å². The zero-order valence-electron chi connectivity index (χ0n) is 16.5. The molecule has 32 heavy (non-hydrogen) atoms. The van der Waals surface area contributed by atoms with E-state index in [1.54, 1.807) is 17.0 Å². The van der Waals surface area contributed by atoms with E-state index in [1.807, 2.05) is 6.07 Å². The Morgan fingerprint density at radius 3 is 2.56 bits per heavy atom. The van der Waals surface area contributed by atoms with Crippen LogP contribution in [-0.2, 0) is 17.5 Å². The van der Waals surface area contributed by atoms with Gasteiger partial charge in [0.1, 0.15) is 12.6 Å². The zero-order chi connectivity index (χ0) is 22.9. The molecule has 3 aromatic rings. The van der Waals surface area contributed by atoms with Crippen molar-refractivity contribution in [2.45, 2.75) is 12.7 Å². The summed E-state index contributed by atoms with van der Waals surface area (Å²) in [6, 6.07) is 6.74. The first-order chi connectivity index (χ1) is 15.3. The van der Waals surface area contributed by atoms with Crippen LogP contribution in [-0.4, -0.2) is 46.5 Å². The lowest BCUT2D eigenvalue weighted by Gasteiger charge is -2.34. The van der Waals surface area contributed by atoms with Crippen LogP contribution in [0.25, 0.3) is 11.7 Å². The molecule has 1 aliphatic rings. The molecule has 0 aromatic carbocycles. The average Bonchev–Trinajstić information content (AvgIpc) is 3.44. The van der Waals surface area contributed by atoms with E-state index in [9.17, 15) is 28.0 Å². The molecule has 0 atom stereocenters. The minimum Gasteiger partial charge on any atom is -0.459 e. The molecule has 1 fully saturated rings. The summed E-state index contributed by atoms with van der Waals surface area (Å²) in [7, 11) is 0. The van der Waals surface area contributed by atoms with Crippen LogP contribution in [0, 0.1) is 11.3 Å². The number of carbonyl (C=O) groups excluding carboxylic acids is 1. The van der Waals surface area contributed by atoms with Gasteiger partial charge in [0.25, 0.3) is 11.4 Å². The number of hydrogen-bond acceptors (Lipinski definition) is 7. The molecule has 1 saturated heterocycles. The van der Waals surface area contributed by atoms with Crippen molar-refractivity contribution in [2.75, 3.05) is 31.1 Å². The molecule has 3 aromatic heterocycles. The summed E-state index contributed by atoms with van der Waals surface area (Å²) in [5.41, 5.74) is -1.63. The molecule has 0 N–H and O–H groups in total. The summed E-state index contributed by atoms with van der Waals surface area (Å²) in [4.78, 5) is 31.8. The van der Waals surface area contributed by atoms with Gasteiger partial charge in [0.05, 0.1) is 11.8 Å². The van der Waals surface area contributed by atoms with Crippen molar-refractivity contribution in [3.05, 3.63) is 58.3 Å². The highest BCUT2D eigenvalue weighted by molar-refractivity contribution is 5.76. The second kappa shape index (κ2) is 8.26. The molecule has 9 nitrogen and oxygen atoms in total. The molecule has 0 radical (unpaired) electrons. The number of amides is 1. The van der Waals surface area contributed by atoms with Gasteiger partial charge >= 0.3 is 6.18 Å². The van der Waals surface area contributed by atoms with Crippen LogP contribution in [0.4, 0.5) is 19.1 Å². The fraction of sp³-hybridized carbons (Fsp3) is 0.300. The van der Waals surface area contributed by atoms with Gasteiger partial charge in [0.2, 0.25) is 17.5 Å². The number of carbonyl (C=O) groups is 1. The Hall–Kier alpha value is -4.01. The summed E-state index contributed by atoms with van der Waals surface area (Å²) in [6.45, 7) is 0.578. The average molecular weight is 447 g/mol. The Morgan fingerprint density at radius 2 is 1.94 bits per heavy atom. The van der Waals surface area contributed by atoms with Gasteiger partial charge in [-0.3, -0.25) is 9.59 Å². The highest BCUT2D eigenvalue weighted by atomic mass is 19.4. The van der Waals surface area contributed by atoms with Gasteiger partial charge in [0, 0.05) is 38.4 Å². The number of nitriles is 1. The van der Waals surface area contributed by atoms with Gasteiger partial charge in [-0.15, -0.1) is 0 Å². The number of furan rings is 1. The molecule has 0 bridgehead atoms. The number of rotatable bonds is 4. The lowest BCUT2D eigenvalue weighted by atomic mass is 10.2. The molecule has 0 aliphatic carbocycles. The maximum atomic E-state index is 12.9. The van der Waals surface area contributed by atoms with Crippen molar-refractivity contribution in [1.29, 1.82) is 5.26 Å². The van der Waals surface area contributed by atoms with Gasteiger partial charge in [-0.2, -0.15) is 23.4 Å². The van der Waals surface area contributed by atoms with Crippen molar-refractivity contribution in [3.8, 4) is 17.7 Å². The third kappa shape index (κ3) is 4.22. The van der Waals surface area contributed by atoms with E-state index in [1.165, 1.54) is 11.2 Å².